The first kappa shape index (κ1) is 14.9. The van der Waals surface area contributed by atoms with E-state index >= 15 is 0 Å². The van der Waals surface area contributed by atoms with Crippen molar-refractivity contribution in [2.75, 3.05) is 11.9 Å². The molecule has 1 unspecified atom stereocenters. The molecule has 0 spiro atoms. The molecule has 0 fully saturated rings. The van der Waals surface area contributed by atoms with E-state index in [4.69, 9.17) is 11.6 Å². The molecule has 1 nitrogen and oxygen atoms in total. The first-order valence-corrected chi connectivity index (χ1v) is 7.51. The average Bonchev–Trinajstić information content (AvgIpc) is 2.44. The van der Waals surface area contributed by atoms with Crippen molar-refractivity contribution in [3.8, 4) is 0 Å². The molecule has 1 atom stereocenters. The third-order valence-corrected chi connectivity index (χ3v) is 4.22. The second-order valence-corrected chi connectivity index (χ2v) is 5.96. The third-order valence-electron chi connectivity index (χ3n) is 3.81. The Kier molecular flexibility index (Phi) is 5.08. The van der Waals surface area contributed by atoms with Gasteiger partial charge in [-0.05, 0) is 36.1 Å². The molecule has 0 heterocycles. The van der Waals surface area contributed by atoms with E-state index in [-0.39, 0.29) is 0 Å². The SMILES string of the molecule is Cc1c(Cl)cccc1NCC(c1ccccc1)C(C)C. The van der Waals surface area contributed by atoms with Crippen LogP contribution in [0.25, 0.3) is 0 Å². The topological polar surface area (TPSA) is 12.0 Å². The van der Waals surface area contributed by atoms with Gasteiger partial charge in [0.2, 0.25) is 0 Å². The standard InChI is InChI=1S/C18H22ClN/c1-13(2)16(15-8-5-4-6-9-15)12-20-18-11-7-10-17(19)14(18)3/h4-11,13,16,20H,12H2,1-3H3. The minimum absolute atomic E-state index is 0.495. The van der Waals surface area contributed by atoms with Gasteiger partial charge in [0.15, 0.2) is 0 Å². The molecule has 2 aromatic rings. The quantitative estimate of drug-likeness (QED) is 0.765. The van der Waals surface area contributed by atoms with Gasteiger partial charge in [-0.15, -0.1) is 0 Å². The lowest BCUT2D eigenvalue weighted by molar-refractivity contribution is 0.517. The molecular weight excluding hydrogens is 266 g/mol. The van der Waals surface area contributed by atoms with E-state index in [0.717, 1.165) is 22.8 Å². The Morgan fingerprint density at radius 1 is 1.00 bits per heavy atom. The molecular formula is C18H22ClN. The van der Waals surface area contributed by atoms with E-state index in [9.17, 15) is 0 Å². The zero-order valence-corrected chi connectivity index (χ0v) is 13.1. The second-order valence-electron chi connectivity index (χ2n) is 5.55. The fourth-order valence-electron chi connectivity index (χ4n) is 2.46. The molecule has 1 N–H and O–H groups in total. The number of nitrogens with one attached hydrogen (secondary N) is 1. The van der Waals surface area contributed by atoms with E-state index in [2.05, 4.69) is 62.5 Å². The van der Waals surface area contributed by atoms with Gasteiger partial charge in [-0.25, -0.2) is 0 Å². The van der Waals surface area contributed by atoms with Crippen molar-refractivity contribution in [3.05, 3.63) is 64.7 Å². The predicted octanol–water partition coefficient (Wildman–Crippen LogP) is 5.50. The van der Waals surface area contributed by atoms with Crippen LogP contribution in [0, 0.1) is 12.8 Å². The molecule has 106 valence electrons. The van der Waals surface area contributed by atoms with Crippen molar-refractivity contribution in [2.45, 2.75) is 26.7 Å². The summed E-state index contributed by atoms with van der Waals surface area (Å²) < 4.78 is 0. The van der Waals surface area contributed by atoms with Crippen LogP contribution in [-0.2, 0) is 0 Å². The number of benzene rings is 2. The zero-order chi connectivity index (χ0) is 14.5. The first-order valence-electron chi connectivity index (χ1n) is 7.13. The molecule has 0 aliphatic heterocycles. The summed E-state index contributed by atoms with van der Waals surface area (Å²) in [4.78, 5) is 0. The molecule has 0 aromatic heterocycles. The summed E-state index contributed by atoms with van der Waals surface area (Å²) in [6, 6.07) is 16.7. The van der Waals surface area contributed by atoms with Gasteiger partial charge in [-0.1, -0.05) is 61.8 Å². The summed E-state index contributed by atoms with van der Waals surface area (Å²) in [6.45, 7) is 7.51. The van der Waals surface area contributed by atoms with Crippen molar-refractivity contribution in [3.63, 3.8) is 0 Å². The van der Waals surface area contributed by atoms with Crippen molar-refractivity contribution < 1.29 is 0 Å². The van der Waals surface area contributed by atoms with E-state index in [1.165, 1.54) is 5.56 Å². The highest BCUT2D eigenvalue weighted by atomic mass is 35.5. The Bertz CT molecular complexity index is 549. The molecule has 20 heavy (non-hydrogen) atoms. The molecule has 2 rings (SSSR count). The zero-order valence-electron chi connectivity index (χ0n) is 12.4. The molecule has 2 heteroatoms. The molecule has 0 saturated carbocycles. The van der Waals surface area contributed by atoms with Crippen molar-refractivity contribution in [2.24, 2.45) is 5.92 Å². The largest absolute Gasteiger partial charge is 0.384 e. The molecule has 0 bridgehead atoms. The lowest BCUT2D eigenvalue weighted by Crippen LogP contribution is -2.18. The highest BCUT2D eigenvalue weighted by Gasteiger charge is 2.15. The monoisotopic (exact) mass is 287 g/mol. The van der Waals surface area contributed by atoms with E-state index in [0.29, 0.717) is 11.8 Å². The Morgan fingerprint density at radius 3 is 2.35 bits per heavy atom. The molecule has 0 radical (unpaired) electrons. The van der Waals surface area contributed by atoms with Gasteiger partial charge in [0.1, 0.15) is 0 Å². The molecule has 0 aliphatic rings. The summed E-state index contributed by atoms with van der Waals surface area (Å²) in [5, 5.41) is 4.36. The maximum Gasteiger partial charge on any atom is 0.0455 e. The van der Waals surface area contributed by atoms with Crippen LogP contribution in [0.4, 0.5) is 5.69 Å². The van der Waals surface area contributed by atoms with Crippen LogP contribution < -0.4 is 5.32 Å². The van der Waals surface area contributed by atoms with E-state index in [1.54, 1.807) is 0 Å². The number of hydrogen-bond donors (Lipinski definition) is 1. The van der Waals surface area contributed by atoms with Crippen LogP contribution >= 0.6 is 11.6 Å². The van der Waals surface area contributed by atoms with Crippen LogP contribution in [0.1, 0.15) is 30.9 Å². The van der Waals surface area contributed by atoms with E-state index < -0.39 is 0 Å². The summed E-state index contributed by atoms with van der Waals surface area (Å²) in [6.07, 6.45) is 0. The van der Waals surface area contributed by atoms with Gasteiger partial charge in [0.05, 0.1) is 0 Å². The Labute approximate surface area is 127 Å². The maximum absolute atomic E-state index is 6.17. The lowest BCUT2D eigenvalue weighted by atomic mass is 9.88. The van der Waals surface area contributed by atoms with Crippen LogP contribution in [0.3, 0.4) is 0 Å². The fraction of sp³-hybridized carbons (Fsp3) is 0.333. The first-order chi connectivity index (χ1) is 9.59. The van der Waals surface area contributed by atoms with Crippen LogP contribution in [-0.4, -0.2) is 6.54 Å². The number of halogens is 1. The second kappa shape index (κ2) is 6.81. The number of anilines is 1. The van der Waals surface area contributed by atoms with Crippen LogP contribution in [0.15, 0.2) is 48.5 Å². The Balaban J connectivity index is 2.12. The molecule has 0 saturated heterocycles. The van der Waals surface area contributed by atoms with Crippen molar-refractivity contribution in [1.29, 1.82) is 0 Å². The Hall–Kier alpha value is -1.47. The number of hydrogen-bond acceptors (Lipinski definition) is 1. The van der Waals surface area contributed by atoms with Crippen molar-refractivity contribution >= 4 is 17.3 Å². The van der Waals surface area contributed by atoms with Gasteiger partial charge in [0, 0.05) is 23.2 Å². The number of rotatable bonds is 5. The lowest BCUT2D eigenvalue weighted by Gasteiger charge is -2.23. The smallest absolute Gasteiger partial charge is 0.0455 e. The predicted molar refractivity (Wildman–Crippen MR) is 88.7 cm³/mol. The normalized spacial score (nSPS) is 12.4. The van der Waals surface area contributed by atoms with Crippen LogP contribution in [0.2, 0.25) is 5.02 Å². The minimum atomic E-state index is 0.495. The summed E-state index contributed by atoms with van der Waals surface area (Å²) in [7, 11) is 0. The van der Waals surface area contributed by atoms with Gasteiger partial charge >= 0.3 is 0 Å². The van der Waals surface area contributed by atoms with Gasteiger partial charge in [-0.2, -0.15) is 0 Å². The third kappa shape index (κ3) is 3.55. The molecule has 0 amide bonds. The summed E-state index contributed by atoms with van der Waals surface area (Å²) in [5.41, 5.74) is 3.62. The van der Waals surface area contributed by atoms with Gasteiger partial charge in [-0.3, -0.25) is 0 Å². The van der Waals surface area contributed by atoms with E-state index in [1.807, 2.05) is 12.1 Å². The molecule has 2 aromatic carbocycles. The van der Waals surface area contributed by atoms with Crippen molar-refractivity contribution in [1.82, 2.24) is 0 Å². The Morgan fingerprint density at radius 2 is 1.70 bits per heavy atom. The summed E-state index contributed by atoms with van der Waals surface area (Å²) in [5.74, 6) is 1.08. The highest BCUT2D eigenvalue weighted by molar-refractivity contribution is 6.31. The fourth-order valence-corrected chi connectivity index (χ4v) is 2.63. The highest BCUT2D eigenvalue weighted by Crippen LogP contribution is 2.27. The van der Waals surface area contributed by atoms with Gasteiger partial charge in [0.25, 0.3) is 0 Å². The minimum Gasteiger partial charge on any atom is -0.384 e. The van der Waals surface area contributed by atoms with Gasteiger partial charge < -0.3 is 5.32 Å². The average molecular weight is 288 g/mol. The summed E-state index contributed by atoms with van der Waals surface area (Å²) >= 11 is 6.17. The van der Waals surface area contributed by atoms with Crippen LogP contribution in [0.5, 0.6) is 0 Å². The maximum atomic E-state index is 6.17. The molecule has 0 aliphatic carbocycles.